The van der Waals surface area contributed by atoms with Crippen LogP contribution in [0.25, 0.3) is 0 Å². The van der Waals surface area contributed by atoms with E-state index in [2.05, 4.69) is 4.74 Å². The van der Waals surface area contributed by atoms with Crippen molar-refractivity contribution in [3.8, 4) is 0 Å². The van der Waals surface area contributed by atoms with Crippen molar-refractivity contribution in [1.82, 2.24) is 0 Å². The first-order valence-corrected chi connectivity index (χ1v) is 5.97. The maximum atomic E-state index is 11.8. The number of carbonyl (C=O) groups is 2. The molecule has 0 aromatic heterocycles. The SMILES string of the molecule is CCOC(=O)C(=O)[C@@H]1[C@H](c2ccccc2)[C@H]1[N+](=O)[O-]. The number of hydrogen-bond donors (Lipinski definition) is 0. The van der Waals surface area contributed by atoms with Gasteiger partial charge in [0.15, 0.2) is 0 Å². The molecular formula is C13H13NO5. The Bertz CT molecular complexity index is 513. The molecule has 1 saturated carbocycles. The second-order valence-corrected chi connectivity index (χ2v) is 4.32. The Morgan fingerprint density at radius 2 is 1.95 bits per heavy atom. The molecule has 19 heavy (non-hydrogen) atoms. The Balaban J connectivity index is 2.19. The summed E-state index contributed by atoms with van der Waals surface area (Å²) in [6, 6.07) is 7.70. The fourth-order valence-electron chi connectivity index (χ4n) is 2.29. The van der Waals surface area contributed by atoms with Gasteiger partial charge >= 0.3 is 5.97 Å². The third-order valence-electron chi connectivity index (χ3n) is 3.19. The van der Waals surface area contributed by atoms with Crippen molar-refractivity contribution >= 4 is 11.8 Å². The first-order valence-electron chi connectivity index (χ1n) is 5.97. The highest BCUT2D eigenvalue weighted by Crippen LogP contribution is 2.50. The lowest BCUT2D eigenvalue weighted by molar-refractivity contribution is -0.498. The molecule has 0 amide bonds. The summed E-state index contributed by atoms with van der Waals surface area (Å²) in [5.41, 5.74) is 0.701. The van der Waals surface area contributed by atoms with Crippen molar-refractivity contribution in [1.29, 1.82) is 0 Å². The van der Waals surface area contributed by atoms with E-state index in [9.17, 15) is 19.7 Å². The topological polar surface area (TPSA) is 86.5 Å². The van der Waals surface area contributed by atoms with Gasteiger partial charge in [-0.15, -0.1) is 0 Å². The number of carbonyl (C=O) groups excluding carboxylic acids is 2. The van der Waals surface area contributed by atoms with E-state index in [0.29, 0.717) is 5.56 Å². The van der Waals surface area contributed by atoms with Crippen molar-refractivity contribution in [2.45, 2.75) is 18.9 Å². The van der Waals surface area contributed by atoms with Crippen LogP contribution in [0.15, 0.2) is 30.3 Å². The number of nitro groups is 1. The highest BCUT2D eigenvalue weighted by molar-refractivity contribution is 6.35. The molecule has 1 aliphatic carbocycles. The summed E-state index contributed by atoms with van der Waals surface area (Å²) < 4.78 is 4.61. The number of Topliss-reactive ketones (excluding diaryl/α,β-unsaturated/α-hetero) is 1. The minimum Gasteiger partial charge on any atom is -0.460 e. The molecular weight excluding hydrogens is 250 g/mol. The van der Waals surface area contributed by atoms with Gasteiger partial charge < -0.3 is 4.74 Å². The molecule has 0 aliphatic heterocycles. The Morgan fingerprint density at radius 1 is 1.32 bits per heavy atom. The first kappa shape index (κ1) is 13.2. The highest BCUT2D eigenvalue weighted by atomic mass is 16.6. The van der Waals surface area contributed by atoms with Crippen molar-refractivity contribution in [3.05, 3.63) is 46.0 Å². The van der Waals surface area contributed by atoms with E-state index in [0.717, 1.165) is 0 Å². The van der Waals surface area contributed by atoms with Gasteiger partial charge in [0.2, 0.25) is 6.04 Å². The average molecular weight is 263 g/mol. The van der Waals surface area contributed by atoms with Crippen LogP contribution in [0, 0.1) is 16.0 Å². The van der Waals surface area contributed by atoms with Gasteiger partial charge in [0.05, 0.1) is 12.5 Å². The second kappa shape index (κ2) is 5.17. The smallest absolute Gasteiger partial charge is 0.375 e. The molecule has 0 radical (unpaired) electrons. The van der Waals surface area contributed by atoms with Crippen molar-refractivity contribution in [3.63, 3.8) is 0 Å². The third-order valence-corrected chi connectivity index (χ3v) is 3.19. The largest absolute Gasteiger partial charge is 0.460 e. The lowest BCUT2D eigenvalue weighted by Crippen LogP contribution is -2.22. The highest BCUT2D eigenvalue weighted by Gasteiger charge is 2.66. The molecule has 1 fully saturated rings. The molecule has 6 nitrogen and oxygen atoms in total. The fraction of sp³-hybridized carbons (Fsp3) is 0.385. The average Bonchev–Trinajstić information content (AvgIpc) is 3.14. The maximum Gasteiger partial charge on any atom is 0.375 e. The van der Waals surface area contributed by atoms with E-state index in [1.165, 1.54) is 0 Å². The van der Waals surface area contributed by atoms with Crippen LogP contribution in [-0.4, -0.2) is 29.3 Å². The van der Waals surface area contributed by atoms with Gasteiger partial charge in [-0.3, -0.25) is 14.9 Å². The van der Waals surface area contributed by atoms with Crippen LogP contribution in [0.5, 0.6) is 0 Å². The Labute approximate surface area is 109 Å². The number of benzene rings is 1. The molecule has 1 aromatic rings. The zero-order chi connectivity index (χ0) is 14.0. The molecule has 3 atom stereocenters. The van der Waals surface area contributed by atoms with Gasteiger partial charge in [-0.1, -0.05) is 30.3 Å². The Kier molecular flexibility index (Phi) is 3.59. The number of rotatable bonds is 5. The van der Waals surface area contributed by atoms with Crippen molar-refractivity contribution in [2.24, 2.45) is 5.92 Å². The van der Waals surface area contributed by atoms with E-state index in [1.54, 1.807) is 37.3 Å². The van der Waals surface area contributed by atoms with Crippen molar-refractivity contribution in [2.75, 3.05) is 6.61 Å². The summed E-state index contributed by atoms with van der Waals surface area (Å²) >= 11 is 0. The molecule has 0 N–H and O–H groups in total. The molecule has 0 unspecified atom stereocenters. The number of hydrogen-bond acceptors (Lipinski definition) is 5. The normalized spacial score (nSPS) is 24.6. The van der Waals surface area contributed by atoms with Gasteiger partial charge in [0.1, 0.15) is 5.92 Å². The molecule has 0 heterocycles. The quantitative estimate of drug-likeness (QED) is 0.344. The standard InChI is InChI=1S/C13H13NO5/c1-2-19-13(16)12(15)10-9(11(10)14(17)18)8-6-4-3-5-7-8/h3-7,9-11H,2H2,1H3/t9-,10+,11+/m0/s1. The van der Waals surface area contributed by atoms with E-state index in [-0.39, 0.29) is 6.61 Å². The number of ether oxygens (including phenoxy) is 1. The summed E-state index contributed by atoms with van der Waals surface area (Å²) in [6.45, 7) is 1.66. The first-order chi connectivity index (χ1) is 9.07. The maximum absolute atomic E-state index is 11.8. The molecule has 1 aromatic carbocycles. The zero-order valence-corrected chi connectivity index (χ0v) is 10.3. The summed E-state index contributed by atoms with van der Waals surface area (Å²) in [4.78, 5) is 33.6. The van der Waals surface area contributed by atoms with Gasteiger partial charge in [-0.25, -0.2) is 4.79 Å². The van der Waals surface area contributed by atoms with E-state index >= 15 is 0 Å². The van der Waals surface area contributed by atoms with E-state index in [4.69, 9.17) is 0 Å². The summed E-state index contributed by atoms with van der Waals surface area (Å²) in [7, 11) is 0. The summed E-state index contributed by atoms with van der Waals surface area (Å²) in [5, 5.41) is 10.9. The van der Waals surface area contributed by atoms with Crippen molar-refractivity contribution < 1.29 is 19.2 Å². The lowest BCUT2D eigenvalue weighted by Gasteiger charge is -1.98. The van der Waals surface area contributed by atoms with Crippen LogP contribution in [0.3, 0.4) is 0 Å². The predicted octanol–water partition coefficient (Wildman–Crippen LogP) is 1.18. The molecule has 100 valence electrons. The zero-order valence-electron chi connectivity index (χ0n) is 10.3. The minimum atomic E-state index is -1.03. The Morgan fingerprint density at radius 3 is 2.47 bits per heavy atom. The van der Waals surface area contributed by atoms with Gasteiger partial charge in [0, 0.05) is 4.92 Å². The van der Waals surface area contributed by atoms with Crippen LogP contribution in [0.1, 0.15) is 18.4 Å². The Hall–Kier alpha value is -2.24. The molecule has 0 spiro atoms. The third kappa shape index (κ3) is 2.47. The monoisotopic (exact) mass is 263 g/mol. The minimum absolute atomic E-state index is 0.0798. The van der Waals surface area contributed by atoms with Crippen LogP contribution in [0.2, 0.25) is 0 Å². The van der Waals surface area contributed by atoms with Crippen LogP contribution in [0.4, 0.5) is 0 Å². The number of nitrogens with zero attached hydrogens (tertiary/aromatic N) is 1. The van der Waals surface area contributed by atoms with Crippen LogP contribution in [-0.2, 0) is 14.3 Å². The lowest BCUT2D eigenvalue weighted by atomic mass is 10.1. The van der Waals surface area contributed by atoms with E-state index < -0.39 is 34.6 Å². The number of esters is 1. The van der Waals surface area contributed by atoms with E-state index in [1.807, 2.05) is 0 Å². The van der Waals surface area contributed by atoms with Crippen LogP contribution < -0.4 is 0 Å². The molecule has 0 saturated heterocycles. The second-order valence-electron chi connectivity index (χ2n) is 4.32. The van der Waals surface area contributed by atoms with Gasteiger partial charge in [0.25, 0.3) is 5.78 Å². The molecule has 2 rings (SSSR count). The predicted molar refractivity (Wildman–Crippen MR) is 65.1 cm³/mol. The fourth-order valence-corrected chi connectivity index (χ4v) is 2.29. The molecule has 1 aliphatic rings. The van der Waals surface area contributed by atoms with Crippen LogP contribution >= 0.6 is 0 Å². The number of ketones is 1. The van der Waals surface area contributed by atoms with Gasteiger partial charge in [-0.05, 0) is 12.5 Å². The van der Waals surface area contributed by atoms with Gasteiger partial charge in [-0.2, -0.15) is 0 Å². The molecule has 0 bridgehead atoms. The summed E-state index contributed by atoms with van der Waals surface area (Å²) in [6.07, 6.45) is 0. The summed E-state index contributed by atoms with van der Waals surface area (Å²) in [5.74, 6) is -3.24. The molecule has 6 heteroatoms.